The van der Waals surface area contributed by atoms with Crippen molar-refractivity contribution in [1.29, 1.82) is 0 Å². The van der Waals surface area contributed by atoms with Crippen LogP contribution in [0.4, 0.5) is 0 Å². The molecule has 0 bridgehead atoms. The molecule has 0 aromatic carbocycles. The number of amides is 2. The minimum atomic E-state index is -0.379. The minimum Gasteiger partial charge on any atom is -0.356 e. The summed E-state index contributed by atoms with van der Waals surface area (Å²) in [5.74, 6) is 2.63. The smallest absolute Gasteiger partial charge is 0.273 e. The lowest BCUT2D eigenvalue weighted by molar-refractivity contribution is -0.124. The first-order valence-corrected chi connectivity index (χ1v) is 10.2. The summed E-state index contributed by atoms with van der Waals surface area (Å²) in [6, 6.07) is 0. The second-order valence-corrected chi connectivity index (χ2v) is 8.28. The van der Waals surface area contributed by atoms with Crippen LogP contribution in [0.5, 0.6) is 0 Å². The van der Waals surface area contributed by atoms with E-state index in [1.54, 1.807) is 4.90 Å². The number of terminal acetylenes is 1. The number of aromatic nitrogens is 1. The number of thiazole rings is 1. The molecule has 1 unspecified atom stereocenters. The molecule has 2 aliphatic heterocycles. The molecule has 1 N–H and O–H groups in total. The van der Waals surface area contributed by atoms with Crippen LogP contribution in [0.2, 0.25) is 0 Å². The lowest BCUT2D eigenvalue weighted by Gasteiger charge is -2.16. The first-order chi connectivity index (χ1) is 12.9. The van der Waals surface area contributed by atoms with Crippen LogP contribution in [0.25, 0.3) is 0 Å². The van der Waals surface area contributed by atoms with E-state index >= 15 is 0 Å². The van der Waals surface area contributed by atoms with Crippen LogP contribution in [0.15, 0.2) is 15.6 Å². The summed E-state index contributed by atoms with van der Waals surface area (Å²) < 4.78 is 0. The predicted molar refractivity (Wildman–Crippen MR) is 103 cm³/mol. The number of hydrogen-bond acceptors (Lipinski definition) is 6. The number of likely N-dealkylation sites (tertiary alicyclic amines) is 1. The summed E-state index contributed by atoms with van der Waals surface area (Å²) in [4.78, 5) is 31.2. The quantitative estimate of drug-likeness (QED) is 0.696. The number of nitrogens with one attached hydrogen (secondary N) is 1. The Morgan fingerprint density at radius 3 is 2.85 bits per heavy atom. The number of hydrogen-bond donors (Lipinski definition) is 1. The molecule has 27 heavy (non-hydrogen) atoms. The van der Waals surface area contributed by atoms with E-state index in [2.05, 4.69) is 40.3 Å². The third-order valence-electron chi connectivity index (χ3n) is 4.96. The summed E-state index contributed by atoms with van der Waals surface area (Å²) in [7, 11) is 0. The van der Waals surface area contributed by atoms with Crippen molar-refractivity contribution in [3.63, 3.8) is 0 Å². The molecule has 0 radical (unpaired) electrons. The maximum absolute atomic E-state index is 12.6. The SMILES string of the molecule is C#CCCC1(CCNC(=O)C2CCN(C(=O)c3csc(C(C)C)n3)C2)N=N1. The maximum atomic E-state index is 12.6. The molecular weight excluding hydrogens is 362 g/mol. The van der Waals surface area contributed by atoms with Gasteiger partial charge in [0.05, 0.1) is 10.9 Å². The molecule has 1 saturated heterocycles. The second kappa shape index (κ2) is 8.17. The van der Waals surface area contributed by atoms with Gasteiger partial charge in [0.2, 0.25) is 5.91 Å². The highest BCUT2D eigenvalue weighted by Crippen LogP contribution is 2.36. The number of carbonyl (C=O) groups is 2. The zero-order valence-corrected chi connectivity index (χ0v) is 16.6. The van der Waals surface area contributed by atoms with Crippen molar-refractivity contribution >= 4 is 23.2 Å². The van der Waals surface area contributed by atoms with Crippen LogP contribution >= 0.6 is 11.3 Å². The van der Waals surface area contributed by atoms with E-state index < -0.39 is 0 Å². The largest absolute Gasteiger partial charge is 0.356 e. The Bertz CT molecular complexity index is 773. The summed E-state index contributed by atoms with van der Waals surface area (Å²) in [5.41, 5.74) is 0.105. The Morgan fingerprint density at radius 1 is 1.44 bits per heavy atom. The van der Waals surface area contributed by atoms with E-state index in [4.69, 9.17) is 6.42 Å². The van der Waals surface area contributed by atoms with E-state index in [1.807, 2.05) is 5.38 Å². The highest BCUT2D eigenvalue weighted by Gasteiger charge is 2.39. The molecule has 0 aliphatic carbocycles. The van der Waals surface area contributed by atoms with Crippen molar-refractivity contribution in [1.82, 2.24) is 15.2 Å². The third kappa shape index (κ3) is 4.72. The fraction of sp³-hybridized carbons (Fsp3) is 0.632. The summed E-state index contributed by atoms with van der Waals surface area (Å²) >= 11 is 1.51. The van der Waals surface area contributed by atoms with Crippen molar-refractivity contribution in [2.75, 3.05) is 19.6 Å². The van der Waals surface area contributed by atoms with Gasteiger partial charge < -0.3 is 10.2 Å². The summed E-state index contributed by atoms with van der Waals surface area (Å²) in [5, 5.41) is 13.9. The van der Waals surface area contributed by atoms with Crippen molar-refractivity contribution in [3.8, 4) is 12.3 Å². The molecule has 3 rings (SSSR count). The van der Waals surface area contributed by atoms with Gasteiger partial charge in [0.15, 0.2) is 5.66 Å². The molecule has 2 amide bonds. The Labute approximate surface area is 163 Å². The summed E-state index contributed by atoms with van der Waals surface area (Å²) in [6.45, 7) is 5.66. The molecule has 8 heteroatoms. The van der Waals surface area contributed by atoms with Gasteiger partial charge >= 0.3 is 0 Å². The summed E-state index contributed by atoms with van der Waals surface area (Å²) in [6.07, 6.45) is 8.00. The molecule has 1 aromatic rings. The Morgan fingerprint density at radius 2 is 2.22 bits per heavy atom. The number of rotatable bonds is 8. The van der Waals surface area contributed by atoms with Crippen LogP contribution in [0.3, 0.4) is 0 Å². The Balaban J connectivity index is 1.44. The zero-order chi connectivity index (χ0) is 19.4. The second-order valence-electron chi connectivity index (χ2n) is 7.39. The first kappa shape index (κ1) is 19.5. The van der Waals surface area contributed by atoms with Crippen LogP contribution in [-0.4, -0.2) is 47.0 Å². The van der Waals surface area contributed by atoms with Gasteiger partial charge in [-0.05, 0) is 6.42 Å². The molecule has 0 spiro atoms. The lowest BCUT2D eigenvalue weighted by atomic mass is 10.0. The van der Waals surface area contributed by atoms with Crippen molar-refractivity contribution in [2.24, 2.45) is 16.1 Å². The van der Waals surface area contributed by atoms with Crippen molar-refractivity contribution in [2.45, 2.75) is 51.1 Å². The molecule has 144 valence electrons. The molecule has 1 fully saturated rings. The molecule has 0 saturated carbocycles. The molecule has 3 heterocycles. The normalized spacial score (nSPS) is 19.9. The van der Waals surface area contributed by atoms with Gasteiger partial charge in [-0.2, -0.15) is 10.2 Å². The van der Waals surface area contributed by atoms with Crippen LogP contribution in [0.1, 0.15) is 60.9 Å². The van der Waals surface area contributed by atoms with Gasteiger partial charge in [-0.15, -0.1) is 23.7 Å². The highest BCUT2D eigenvalue weighted by atomic mass is 32.1. The van der Waals surface area contributed by atoms with Gasteiger partial charge in [0.25, 0.3) is 5.91 Å². The minimum absolute atomic E-state index is 0.0146. The third-order valence-corrected chi connectivity index (χ3v) is 6.10. The van der Waals surface area contributed by atoms with Gasteiger partial charge in [-0.25, -0.2) is 4.98 Å². The van der Waals surface area contributed by atoms with E-state index in [-0.39, 0.29) is 23.4 Å². The molecule has 2 aliphatic rings. The Kier molecular flexibility index (Phi) is 5.90. The van der Waals surface area contributed by atoms with Gasteiger partial charge in [-0.1, -0.05) is 13.8 Å². The van der Waals surface area contributed by atoms with Crippen molar-refractivity contribution < 1.29 is 9.59 Å². The average molecular weight is 388 g/mol. The topological polar surface area (TPSA) is 87.0 Å². The molecule has 7 nitrogen and oxygen atoms in total. The number of carbonyl (C=O) groups excluding carboxylic acids is 2. The van der Waals surface area contributed by atoms with E-state index in [0.717, 1.165) is 11.4 Å². The Hall–Kier alpha value is -2.27. The van der Waals surface area contributed by atoms with Crippen molar-refractivity contribution in [3.05, 3.63) is 16.1 Å². The van der Waals surface area contributed by atoms with Gasteiger partial charge in [0, 0.05) is 50.2 Å². The van der Waals surface area contributed by atoms with E-state index in [1.165, 1.54) is 11.3 Å². The first-order valence-electron chi connectivity index (χ1n) is 9.34. The average Bonchev–Trinajstić information content (AvgIpc) is 3.06. The van der Waals surface area contributed by atoms with Gasteiger partial charge in [0.1, 0.15) is 5.69 Å². The standard InChI is InChI=1S/C19H25N5O2S/c1-4-5-7-19(22-23-19)8-9-20-16(25)14-6-10-24(11-14)18(26)15-12-27-17(21-15)13(2)3/h1,12-14H,5-11H2,2-3H3,(H,20,25). The van der Waals surface area contributed by atoms with Crippen LogP contribution < -0.4 is 5.32 Å². The van der Waals surface area contributed by atoms with Crippen LogP contribution in [-0.2, 0) is 4.79 Å². The maximum Gasteiger partial charge on any atom is 0.273 e. The lowest BCUT2D eigenvalue weighted by Crippen LogP contribution is -2.36. The predicted octanol–water partition coefficient (Wildman–Crippen LogP) is 2.81. The number of nitrogens with zero attached hydrogens (tertiary/aromatic N) is 4. The fourth-order valence-electron chi connectivity index (χ4n) is 3.17. The van der Waals surface area contributed by atoms with Crippen LogP contribution in [0, 0.1) is 18.3 Å². The molecular formula is C19H25N5O2S. The van der Waals surface area contributed by atoms with E-state index in [9.17, 15) is 9.59 Å². The molecule has 1 aromatic heterocycles. The monoisotopic (exact) mass is 387 g/mol. The highest BCUT2D eigenvalue weighted by molar-refractivity contribution is 7.09. The fourth-order valence-corrected chi connectivity index (χ4v) is 3.98. The van der Waals surface area contributed by atoms with Gasteiger partial charge in [-0.3, -0.25) is 9.59 Å². The van der Waals surface area contributed by atoms with E-state index in [0.29, 0.717) is 50.5 Å². The zero-order valence-electron chi connectivity index (χ0n) is 15.8. The molecule has 1 atom stereocenters.